The third kappa shape index (κ3) is 3.10. The minimum Gasteiger partial charge on any atom is -0.308 e. The number of fused-ring (bicyclic) bond motifs is 1. The van der Waals surface area contributed by atoms with Crippen molar-refractivity contribution >= 4 is 21.4 Å². The highest BCUT2D eigenvalue weighted by molar-refractivity contribution is 7.89. The van der Waals surface area contributed by atoms with E-state index in [2.05, 4.69) is 22.2 Å². The monoisotopic (exact) mass is 336 g/mol. The van der Waals surface area contributed by atoms with Crippen LogP contribution in [0.3, 0.4) is 0 Å². The van der Waals surface area contributed by atoms with E-state index < -0.39 is 10.0 Å². The topological polar surface area (TPSA) is 58.2 Å². The predicted molar refractivity (Wildman–Crippen MR) is 89.9 cm³/mol. The molecule has 1 aliphatic rings. The number of rotatable bonds is 4. The number of aryl methyl sites for hydroxylation is 2. The van der Waals surface area contributed by atoms with Gasteiger partial charge in [0.15, 0.2) is 0 Å². The van der Waals surface area contributed by atoms with Crippen LogP contribution in [-0.2, 0) is 16.4 Å². The smallest absolute Gasteiger partial charge is 0.241 e. The van der Waals surface area contributed by atoms with Crippen molar-refractivity contribution in [1.82, 2.24) is 10.0 Å². The average molecular weight is 336 g/mol. The maximum absolute atomic E-state index is 12.5. The lowest BCUT2D eigenvalue weighted by Gasteiger charge is -2.27. The Balaban J connectivity index is 1.77. The fourth-order valence-electron chi connectivity index (χ4n) is 2.92. The van der Waals surface area contributed by atoms with Crippen molar-refractivity contribution in [3.8, 4) is 0 Å². The van der Waals surface area contributed by atoms with Gasteiger partial charge < -0.3 is 5.32 Å². The Kier molecular flexibility index (Phi) is 4.36. The van der Waals surface area contributed by atoms with Gasteiger partial charge in [-0.2, -0.15) is 0 Å². The number of nitrogens with one attached hydrogen (secondary N) is 2. The molecule has 0 saturated heterocycles. The molecule has 3 rings (SSSR count). The molecule has 1 atom stereocenters. The zero-order valence-corrected chi connectivity index (χ0v) is 14.4. The van der Waals surface area contributed by atoms with Crippen molar-refractivity contribution in [2.24, 2.45) is 0 Å². The van der Waals surface area contributed by atoms with Crippen LogP contribution in [0.15, 0.2) is 35.2 Å². The van der Waals surface area contributed by atoms with Gasteiger partial charge in [0.2, 0.25) is 10.0 Å². The molecule has 1 aromatic carbocycles. The van der Waals surface area contributed by atoms with Gasteiger partial charge in [-0.15, -0.1) is 11.3 Å². The van der Waals surface area contributed by atoms with E-state index in [4.69, 9.17) is 0 Å². The summed E-state index contributed by atoms with van der Waals surface area (Å²) in [4.78, 5) is 2.25. The van der Waals surface area contributed by atoms with Gasteiger partial charge in [0.05, 0.1) is 4.90 Å². The number of hydrogen-bond donors (Lipinski definition) is 2. The van der Waals surface area contributed by atoms with Gasteiger partial charge in [0.1, 0.15) is 0 Å². The normalized spacial score (nSPS) is 18.2. The summed E-state index contributed by atoms with van der Waals surface area (Å²) in [5.74, 6) is 0. The zero-order chi connectivity index (χ0) is 15.7. The highest BCUT2D eigenvalue weighted by Crippen LogP contribution is 2.26. The summed E-state index contributed by atoms with van der Waals surface area (Å²) in [5, 5.41) is 3.39. The highest BCUT2D eigenvalue weighted by Gasteiger charge is 2.23. The molecule has 1 unspecified atom stereocenters. The molecule has 0 spiro atoms. The van der Waals surface area contributed by atoms with Crippen LogP contribution >= 0.6 is 11.3 Å². The SMILES string of the molecule is Cc1cc(S(=O)(=O)NCC2NCCc3ccccc32)c(C)s1. The van der Waals surface area contributed by atoms with Gasteiger partial charge in [-0.05, 0) is 44.0 Å². The summed E-state index contributed by atoms with van der Waals surface area (Å²) in [6, 6.07) is 9.98. The minimum atomic E-state index is -3.45. The maximum atomic E-state index is 12.5. The molecule has 0 bridgehead atoms. The molecule has 4 nitrogen and oxygen atoms in total. The molecule has 2 N–H and O–H groups in total. The van der Waals surface area contributed by atoms with E-state index in [-0.39, 0.29) is 6.04 Å². The van der Waals surface area contributed by atoms with Crippen LogP contribution in [0.4, 0.5) is 0 Å². The number of benzene rings is 1. The summed E-state index contributed by atoms with van der Waals surface area (Å²) in [5.41, 5.74) is 2.49. The summed E-state index contributed by atoms with van der Waals surface area (Å²) in [6.07, 6.45) is 0.988. The van der Waals surface area contributed by atoms with Gasteiger partial charge >= 0.3 is 0 Å². The number of hydrogen-bond acceptors (Lipinski definition) is 4. The lowest BCUT2D eigenvalue weighted by molar-refractivity contribution is 0.491. The Morgan fingerprint density at radius 1 is 1.32 bits per heavy atom. The minimum absolute atomic E-state index is 0.0276. The molecule has 0 aliphatic carbocycles. The summed E-state index contributed by atoms with van der Waals surface area (Å²) >= 11 is 1.51. The first-order valence-electron chi connectivity index (χ1n) is 7.35. The Morgan fingerprint density at radius 3 is 2.82 bits per heavy atom. The van der Waals surface area contributed by atoms with Gasteiger partial charge in [-0.1, -0.05) is 24.3 Å². The summed E-state index contributed by atoms with van der Waals surface area (Å²) in [7, 11) is -3.45. The van der Waals surface area contributed by atoms with E-state index in [0.29, 0.717) is 11.4 Å². The van der Waals surface area contributed by atoms with Crippen molar-refractivity contribution < 1.29 is 8.42 Å². The quantitative estimate of drug-likeness (QED) is 0.902. The largest absolute Gasteiger partial charge is 0.308 e. The summed E-state index contributed by atoms with van der Waals surface area (Å²) < 4.78 is 27.7. The molecular weight excluding hydrogens is 316 g/mol. The van der Waals surface area contributed by atoms with E-state index in [1.807, 2.05) is 26.0 Å². The lowest BCUT2D eigenvalue weighted by atomic mass is 9.95. The lowest BCUT2D eigenvalue weighted by Crippen LogP contribution is -2.38. The molecule has 118 valence electrons. The zero-order valence-electron chi connectivity index (χ0n) is 12.7. The van der Waals surface area contributed by atoms with Crippen molar-refractivity contribution in [2.45, 2.75) is 31.2 Å². The fourth-order valence-corrected chi connectivity index (χ4v) is 5.52. The molecule has 0 saturated carbocycles. The molecule has 22 heavy (non-hydrogen) atoms. The van der Waals surface area contributed by atoms with E-state index in [1.165, 1.54) is 22.5 Å². The molecule has 2 aromatic rings. The standard InChI is InChI=1S/C16H20N2O2S2/c1-11-9-16(12(2)21-11)22(19,20)18-10-15-14-6-4-3-5-13(14)7-8-17-15/h3-6,9,15,17-18H,7-8,10H2,1-2H3. The van der Waals surface area contributed by atoms with E-state index >= 15 is 0 Å². The Hall–Kier alpha value is -1.21. The van der Waals surface area contributed by atoms with Gasteiger partial charge in [-0.25, -0.2) is 13.1 Å². The van der Waals surface area contributed by atoms with Crippen molar-refractivity contribution in [3.05, 3.63) is 51.2 Å². The molecule has 0 radical (unpaired) electrons. The van der Waals surface area contributed by atoms with Crippen LogP contribution in [0.1, 0.15) is 26.9 Å². The first-order chi connectivity index (χ1) is 10.5. The number of sulfonamides is 1. The van der Waals surface area contributed by atoms with Crippen LogP contribution in [0.2, 0.25) is 0 Å². The molecule has 6 heteroatoms. The molecule has 1 aromatic heterocycles. The van der Waals surface area contributed by atoms with Crippen molar-refractivity contribution in [1.29, 1.82) is 0 Å². The Morgan fingerprint density at radius 2 is 2.09 bits per heavy atom. The predicted octanol–water partition coefficient (Wildman–Crippen LogP) is 2.53. The second kappa shape index (κ2) is 6.12. The second-order valence-corrected chi connectivity index (χ2v) is 8.78. The molecule has 0 amide bonds. The second-order valence-electron chi connectivity index (χ2n) is 5.58. The maximum Gasteiger partial charge on any atom is 0.241 e. The van der Waals surface area contributed by atoms with E-state index in [0.717, 1.165) is 22.7 Å². The molecule has 1 aliphatic heterocycles. The average Bonchev–Trinajstić information content (AvgIpc) is 2.85. The Bertz CT molecular complexity index is 781. The van der Waals surface area contributed by atoms with Gasteiger partial charge in [0.25, 0.3) is 0 Å². The molecule has 0 fully saturated rings. The molecule has 2 heterocycles. The van der Waals surface area contributed by atoms with Crippen molar-refractivity contribution in [3.63, 3.8) is 0 Å². The van der Waals surface area contributed by atoms with Crippen LogP contribution in [-0.4, -0.2) is 21.5 Å². The van der Waals surface area contributed by atoms with E-state index in [9.17, 15) is 8.42 Å². The van der Waals surface area contributed by atoms with Crippen LogP contribution in [0.5, 0.6) is 0 Å². The van der Waals surface area contributed by atoms with Gasteiger partial charge in [-0.3, -0.25) is 0 Å². The van der Waals surface area contributed by atoms with Crippen LogP contribution < -0.4 is 10.0 Å². The van der Waals surface area contributed by atoms with Gasteiger partial charge in [0, 0.05) is 22.3 Å². The van der Waals surface area contributed by atoms with Crippen LogP contribution in [0, 0.1) is 13.8 Å². The fraction of sp³-hybridized carbons (Fsp3) is 0.375. The third-order valence-electron chi connectivity index (χ3n) is 3.98. The Labute approximate surface area is 135 Å². The summed E-state index contributed by atoms with van der Waals surface area (Å²) in [6.45, 7) is 5.02. The number of thiophene rings is 1. The van der Waals surface area contributed by atoms with E-state index in [1.54, 1.807) is 6.07 Å². The van der Waals surface area contributed by atoms with Crippen LogP contribution in [0.25, 0.3) is 0 Å². The first-order valence-corrected chi connectivity index (χ1v) is 9.65. The molecular formula is C16H20N2O2S2. The first kappa shape index (κ1) is 15.7. The van der Waals surface area contributed by atoms with Crippen molar-refractivity contribution in [2.75, 3.05) is 13.1 Å². The highest BCUT2D eigenvalue weighted by atomic mass is 32.2. The third-order valence-corrected chi connectivity index (χ3v) is 6.62.